The standard InChI is InChI=1S/C11H16O2/c1-11(2)12-9-6-7-4-3-5-8(7)10(9)13-11/h3,5,7-10H,4,6H2,1-2H3/t7-,8-,9-,10+/m1/s1. The first-order valence-electron chi connectivity index (χ1n) is 5.18. The van der Waals surface area contributed by atoms with Crippen LogP contribution in [0.4, 0.5) is 0 Å². The van der Waals surface area contributed by atoms with Crippen molar-refractivity contribution in [3.8, 4) is 0 Å². The minimum absolute atomic E-state index is 0.332. The minimum atomic E-state index is -0.350. The molecule has 2 heteroatoms. The van der Waals surface area contributed by atoms with Crippen LogP contribution in [0.15, 0.2) is 12.2 Å². The van der Waals surface area contributed by atoms with Crippen molar-refractivity contribution < 1.29 is 9.47 Å². The molecule has 0 radical (unpaired) electrons. The maximum atomic E-state index is 5.91. The average molecular weight is 180 g/mol. The number of rotatable bonds is 0. The zero-order valence-corrected chi connectivity index (χ0v) is 8.19. The first-order valence-corrected chi connectivity index (χ1v) is 5.18. The van der Waals surface area contributed by atoms with Gasteiger partial charge in [-0.3, -0.25) is 0 Å². The van der Waals surface area contributed by atoms with Crippen molar-refractivity contribution in [3.63, 3.8) is 0 Å². The van der Waals surface area contributed by atoms with Gasteiger partial charge in [-0.25, -0.2) is 0 Å². The van der Waals surface area contributed by atoms with Crippen molar-refractivity contribution in [2.24, 2.45) is 11.8 Å². The molecule has 2 nitrogen and oxygen atoms in total. The zero-order valence-electron chi connectivity index (χ0n) is 8.19. The number of hydrogen-bond acceptors (Lipinski definition) is 2. The molecule has 1 saturated carbocycles. The molecule has 0 aromatic heterocycles. The van der Waals surface area contributed by atoms with Crippen LogP contribution < -0.4 is 0 Å². The molecular weight excluding hydrogens is 164 g/mol. The number of ether oxygens (including phenoxy) is 2. The summed E-state index contributed by atoms with van der Waals surface area (Å²) in [4.78, 5) is 0. The molecule has 13 heavy (non-hydrogen) atoms. The lowest BCUT2D eigenvalue weighted by molar-refractivity contribution is -0.157. The van der Waals surface area contributed by atoms with Gasteiger partial charge < -0.3 is 9.47 Å². The first kappa shape index (κ1) is 8.01. The Morgan fingerprint density at radius 1 is 1.31 bits per heavy atom. The predicted molar refractivity (Wildman–Crippen MR) is 49.2 cm³/mol. The average Bonchev–Trinajstić information content (AvgIpc) is 2.58. The highest BCUT2D eigenvalue weighted by Gasteiger charge is 2.52. The minimum Gasteiger partial charge on any atom is -0.345 e. The maximum absolute atomic E-state index is 5.91. The highest BCUT2D eigenvalue weighted by atomic mass is 16.8. The lowest BCUT2D eigenvalue weighted by Gasteiger charge is -2.21. The van der Waals surface area contributed by atoms with E-state index in [0.717, 1.165) is 5.92 Å². The van der Waals surface area contributed by atoms with E-state index in [1.807, 2.05) is 13.8 Å². The van der Waals surface area contributed by atoms with E-state index in [-0.39, 0.29) is 5.79 Å². The summed E-state index contributed by atoms with van der Waals surface area (Å²) in [5.41, 5.74) is 0. The summed E-state index contributed by atoms with van der Waals surface area (Å²) < 4.78 is 11.8. The molecule has 0 unspecified atom stereocenters. The third kappa shape index (κ3) is 1.09. The number of fused-ring (bicyclic) bond motifs is 3. The fourth-order valence-electron chi connectivity index (χ4n) is 3.03. The van der Waals surface area contributed by atoms with E-state index in [2.05, 4.69) is 12.2 Å². The second-order valence-corrected chi connectivity index (χ2v) is 4.88. The Kier molecular flexibility index (Phi) is 1.46. The largest absolute Gasteiger partial charge is 0.345 e. The van der Waals surface area contributed by atoms with Crippen LogP contribution in [0.5, 0.6) is 0 Å². The summed E-state index contributed by atoms with van der Waals surface area (Å²) in [5, 5.41) is 0. The van der Waals surface area contributed by atoms with E-state index in [9.17, 15) is 0 Å². The molecule has 0 spiro atoms. The molecule has 1 heterocycles. The summed E-state index contributed by atoms with van der Waals surface area (Å²) in [6.45, 7) is 4.03. The zero-order chi connectivity index (χ0) is 9.05. The maximum Gasteiger partial charge on any atom is 0.163 e. The van der Waals surface area contributed by atoms with E-state index in [0.29, 0.717) is 18.1 Å². The van der Waals surface area contributed by atoms with Gasteiger partial charge in [0.1, 0.15) is 0 Å². The Morgan fingerprint density at radius 3 is 3.00 bits per heavy atom. The Bertz CT molecular complexity index is 257. The van der Waals surface area contributed by atoms with Gasteiger partial charge in [-0.1, -0.05) is 12.2 Å². The first-order chi connectivity index (χ1) is 6.16. The van der Waals surface area contributed by atoms with Crippen molar-refractivity contribution in [2.45, 2.75) is 44.7 Å². The molecule has 0 aromatic carbocycles. The summed E-state index contributed by atoms with van der Waals surface area (Å²) in [6.07, 6.45) is 7.71. The van der Waals surface area contributed by atoms with Gasteiger partial charge in [-0.05, 0) is 32.6 Å². The molecular formula is C11H16O2. The van der Waals surface area contributed by atoms with Crippen LogP contribution in [-0.4, -0.2) is 18.0 Å². The van der Waals surface area contributed by atoms with Gasteiger partial charge in [0.15, 0.2) is 5.79 Å². The smallest absolute Gasteiger partial charge is 0.163 e. The lowest BCUT2D eigenvalue weighted by Crippen LogP contribution is -2.25. The van der Waals surface area contributed by atoms with Crippen LogP contribution in [0.3, 0.4) is 0 Å². The van der Waals surface area contributed by atoms with Gasteiger partial charge in [0.2, 0.25) is 0 Å². The van der Waals surface area contributed by atoms with Crippen molar-refractivity contribution in [1.29, 1.82) is 0 Å². The third-order valence-corrected chi connectivity index (χ3v) is 3.48. The molecule has 4 atom stereocenters. The summed E-state index contributed by atoms with van der Waals surface area (Å²) in [6, 6.07) is 0. The van der Waals surface area contributed by atoms with Gasteiger partial charge in [0, 0.05) is 5.92 Å². The molecule has 3 rings (SSSR count). The van der Waals surface area contributed by atoms with E-state index in [1.54, 1.807) is 0 Å². The summed E-state index contributed by atoms with van der Waals surface area (Å²) >= 11 is 0. The Balaban J connectivity index is 1.84. The molecule has 3 aliphatic rings. The summed E-state index contributed by atoms with van der Waals surface area (Å²) in [5.74, 6) is 1.08. The highest BCUT2D eigenvalue weighted by molar-refractivity contribution is 5.12. The van der Waals surface area contributed by atoms with Gasteiger partial charge in [0.25, 0.3) is 0 Å². The van der Waals surface area contributed by atoms with Crippen LogP contribution >= 0.6 is 0 Å². The van der Waals surface area contributed by atoms with E-state index >= 15 is 0 Å². The second-order valence-electron chi connectivity index (χ2n) is 4.88. The topological polar surface area (TPSA) is 18.5 Å². The van der Waals surface area contributed by atoms with Gasteiger partial charge >= 0.3 is 0 Å². The van der Waals surface area contributed by atoms with E-state index < -0.39 is 0 Å². The molecule has 1 saturated heterocycles. The molecule has 2 aliphatic carbocycles. The van der Waals surface area contributed by atoms with Crippen LogP contribution in [0.2, 0.25) is 0 Å². The molecule has 0 N–H and O–H groups in total. The van der Waals surface area contributed by atoms with Crippen molar-refractivity contribution in [1.82, 2.24) is 0 Å². The van der Waals surface area contributed by atoms with Crippen LogP contribution in [-0.2, 0) is 9.47 Å². The predicted octanol–water partition coefficient (Wildman–Crippen LogP) is 2.10. The Morgan fingerprint density at radius 2 is 2.15 bits per heavy atom. The van der Waals surface area contributed by atoms with E-state index in [4.69, 9.17) is 9.47 Å². The van der Waals surface area contributed by atoms with Crippen molar-refractivity contribution >= 4 is 0 Å². The third-order valence-electron chi connectivity index (χ3n) is 3.48. The number of allylic oxidation sites excluding steroid dienone is 1. The lowest BCUT2D eigenvalue weighted by atomic mass is 9.99. The highest BCUT2D eigenvalue weighted by Crippen LogP contribution is 2.48. The molecule has 1 aliphatic heterocycles. The fourth-order valence-corrected chi connectivity index (χ4v) is 3.03. The van der Waals surface area contributed by atoms with Gasteiger partial charge in [-0.15, -0.1) is 0 Å². The fraction of sp³-hybridized carbons (Fsp3) is 0.818. The molecule has 0 bridgehead atoms. The molecule has 0 aromatic rings. The quantitative estimate of drug-likeness (QED) is 0.531. The van der Waals surface area contributed by atoms with Crippen molar-refractivity contribution in [3.05, 3.63) is 12.2 Å². The molecule has 72 valence electrons. The van der Waals surface area contributed by atoms with Crippen LogP contribution in [0.25, 0.3) is 0 Å². The second kappa shape index (κ2) is 2.37. The van der Waals surface area contributed by atoms with Gasteiger partial charge in [-0.2, -0.15) is 0 Å². The van der Waals surface area contributed by atoms with Crippen molar-refractivity contribution in [2.75, 3.05) is 0 Å². The number of hydrogen-bond donors (Lipinski definition) is 0. The van der Waals surface area contributed by atoms with Crippen LogP contribution in [0, 0.1) is 11.8 Å². The van der Waals surface area contributed by atoms with E-state index in [1.165, 1.54) is 12.8 Å². The van der Waals surface area contributed by atoms with Crippen LogP contribution in [0.1, 0.15) is 26.7 Å². The summed E-state index contributed by atoms with van der Waals surface area (Å²) in [7, 11) is 0. The SMILES string of the molecule is CC1(C)O[C@H]2[C@@H]3C=CC[C@@H]3C[C@H]2O1. The molecule has 0 amide bonds. The molecule has 2 fully saturated rings. The van der Waals surface area contributed by atoms with Gasteiger partial charge in [0.05, 0.1) is 12.2 Å². The Labute approximate surface area is 78.9 Å². The monoisotopic (exact) mass is 180 g/mol. The normalized spacial score (nSPS) is 50.9. The Hall–Kier alpha value is -0.340.